The number of amides is 1. The number of phenolic OH excluding ortho intramolecular Hbond substituents is 1. The van der Waals surface area contributed by atoms with Gasteiger partial charge in [-0.05, 0) is 23.8 Å². The van der Waals surface area contributed by atoms with Crippen molar-refractivity contribution in [3.05, 3.63) is 52.9 Å². The van der Waals surface area contributed by atoms with E-state index in [-0.39, 0.29) is 23.0 Å². The lowest BCUT2D eigenvalue weighted by molar-refractivity contribution is -0.115. The van der Waals surface area contributed by atoms with Gasteiger partial charge in [-0.1, -0.05) is 37.0 Å². The Morgan fingerprint density at radius 3 is 2.89 bits per heavy atom. The smallest absolute Gasteiger partial charge is 0.263 e. The van der Waals surface area contributed by atoms with Crippen LogP contribution in [0.2, 0.25) is 0 Å². The number of carbonyl (C=O) groups is 2. The Bertz CT molecular complexity index is 1180. The number of aromatic nitrogens is 1. The summed E-state index contributed by atoms with van der Waals surface area (Å²) in [5, 5.41) is 13.3. The number of rotatable bonds is 4. The molecule has 0 radical (unpaired) electrons. The standard InChI is InChI=1S/C20H14N2O4S2/c1-2-15(23)13-6-10(3-4-16(13)24)14-9-21-8-11-5-12(26-18(11)14)7-17-19(25)22-20(27)28-17/h3-9,24H,2H2,1H3,(H,22,25,27). The molecule has 8 heteroatoms. The van der Waals surface area contributed by atoms with Gasteiger partial charge in [0.25, 0.3) is 5.91 Å². The molecule has 0 spiro atoms. The van der Waals surface area contributed by atoms with E-state index in [1.54, 1.807) is 43.6 Å². The molecule has 0 atom stereocenters. The molecule has 0 aliphatic carbocycles. The van der Waals surface area contributed by atoms with Gasteiger partial charge >= 0.3 is 0 Å². The van der Waals surface area contributed by atoms with Gasteiger partial charge in [-0.3, -0.25) is 14.6 Å². The minimum atomic E-state index is -0.255. The molecule has 2 N–H and O–H groups in total. The molecule has 1 aliphatic rings. The van der Waals surface area contributed by atoms with E-state index in [1.165, 1.54) is 17.8 Å². The summed E-state index contributed by atoms with van der Waals surface area (Å²) in [6.07, 6.45) is 5.22. The van der Waals surface area contributed by atoms with Crippen LogP contribution in [0.1, 0.15) is 29.5 Å². The van der Waals surface area contributed by atoms with Crippen molar-refractivity contribution in [2.75, 3.05) is 0 Å². The number of fused-ring (bicyclic) bond motifs is 1. The summed E-state index contributed by atoms with van der Waals surface area (Å²) in [7, 11) is 0. The van der Waals surface area contributed by atoms with E-state index >= 15 is 0 Å². The lowest BCUT2D eigenvalue weighted by Crippen LogP contribution is -2.17. The fourth-order valence-corrected chi connectivity index (χ4v) is 3.95. The van der Waals surface area contributed by atoms with Crippen LogP contribution in [0.15, 0.2) is 46.0 Å². The summed E-state index contributed by atoms with van der Waals surface area (Å²) < 4.78 is 6.36. The van der Waals surface area contributed by atoms with Crippen LogP contribution in [0.3, 0.4) is 0 Å². The molecule has 0 saturated carbocycles. The quantitative estimate of drug-likeness (QED) is 0.377. The van der Waals surface area contributed by atoms with Crippen LogP contribution in [-0.2, 0) is 4.79 Å². The maximum atomic E-state index is 12.1. The molecule has 1 fully saturated rings. The molecule has 3 heterocycles. The second kappa shape index (κ2) is 7.21. The second-order valence-corrected chi connectivity index (χ2v) is 7.83. The molecule has 3 aromatic rings. The lowest BCUT2D eigenvalue weighted by Gasteiger charge is -2.07. The van der Waals surface area contributed by atoms with Gasteiger partial charge in [0.1, 0.15) is 21.4 Å². The summed E-state index contributed by atoms with van der Waals surface area (Å²) in [6.45, 7) is 1.74. The molecule has 4 rings (SSSR count). The Morgan fingerprint density at radius 1 is 1.36 bits per heavy atom. The van der Waals surface area contributed by atoms with Crippen molar-refractivity contribution in [3.63, 3.8) is 0 Å². The second-order valence-electron chi connectivity index (χ2n) is 6.12. The van der Waals surface area contributed by atoms with E-state index in [0.29, 0.717) is 38.1 Å². The first kappa shape index (κ1) is 18.4. The number of Topliss-reactive ketones (excluding diaryl/α,β-unsaturated/α-hetero) is 1. The summed E-state index contributed by atoms with van der Waals surface area (Å²) in [5.74, 6) is 0.0377. The highest BCUT2D eigenvalue weighted by atomic mass is 32.2. The van der Waals surface area contributed by atoms with Crippen LogP contribution in [0.5, 0.6) is 5.75 Å². The van der Waals surface area contributed by atoms with Crippen LogP contribution >= 0.6 is 24.0 Å². The van der Waals surface area contributed by atoms with E-state index in [2.05, 4.69) is 10.3 Å². The third kappa shape index (κ3) is 3.32. The molecule has 1 amide bonds. The van der Waals surface area contributed by atoms with Gasteiger partial charge in [-0.15, -0.1) is 0 Å². The van der Waals surface area contributed by atoms with E-state index in [1.807, 2.05) is 0 Å². The Hall–Kier alpha value is -2.97. The maximum absolute atomic E-state index is 12.1. The number of thiocarbonyl (C=S) groups is 1. The zero-order valence-corrected chi connectivity index (χ0v) is 16.3. The molecule has 1 aliphatic heterocycles. The molecule has 0 bridgehead atoms. The maximum Gasteiger partial charge on any atom is 0.263 e. The molecular weight excluding hydrogens is 396 g/mol. The molecule has 2 aromatic heterocycles. The topological polar surface area (TPSA) is 92.4 Å². The van der Waals surface area contributed by atoms with E-state index in [4.69, 9.17) is 16.6 Å². The van der Waals surface area contributed by atoms with Crippen LogP contribution in [0.25, 0.3) is 28.2 Å². The van der Waals surface area contributed by atoms with Gasteiger partial charge in [-0.25, -0.2) is 0 Å². The van der Waals surface area contributed by atoms with Crippen LogP contribution in [-0.4, -0.2) is 26.1 Å². The number of furan rings is 1. The summed E-state index contributed by atoms with van der Waals surface area (Å²) in [4.78, 5) is 28.6. The monoisotopic (exact) mass is 410 g/mol. The fourth-order valence-electron chi connectivity index (χ4n) is 2.93. The Kier molecular flexibility index (Phi) is 4.74. The predicted molar refractivity (Wildman–Crippen MR) is 112 cm³/mol. The zero-order valence-electron chi connectivity index (χ0n) is 14.7. The van der Waals surface area contributed by atoms with Gasteiger partial charge in [0.2, 0.25) is 0 Å². The van der Waals surface area contributed by atoms with Gasteiger partial charge in [0.05, 0.1) is 10.5 Å². The minimum Gasteiger partial charge on any atom is -0.507 e. The van der Waals surface area contributed by atoms with Gasteiger partial charge in [0.15, 0.2) is 5.78 Å². The zero-order chi connectivity index (χ0) is 19.8. The van der Waals surface area contributed by atoms with Crippen molar-refractivity contribution in [3.8, 4) is 16.9 Å². The number of carbonyl (C=O) groups excluding carboxylic acids is 2. The van der Waals surface area contributed by atoms with Gasteiger partial charge in [-0.2, -0.15) is 0 Å². The molecule has 0 unspecified atom stereocenters. The number of pyridine rings is 1. The van der Waals surface area contributed by atoms with Crippen molar-refractivity contribution >= 4 is 57.0 Å². The van der Waals surface area contributed by atoms with Crippen molar-refractivity contribution in [1.82, 2.24) is 10.3 Å². The van der Waals surface area contributed by atoms with E-state index in [0.717, 1.165) is 5.39 Å². The van der Waals surface area contributed by atoms with Gasteiger partial charge in [0, 0.05) is 35.8 Å². The fraction of sp³-hybridized carbons (Fsp3) is 0.100. The van der Waals surface area contributed by atoms with Crippen LogP contribution in [0.4, 0.5) is 0 Å². The summed E-state index contributed by atoms with van der Waals surface area (Å²) in [6, 6.07) is 6.62. The molecule has 140 valence electrons. The lowest BCUT2D eigenvalue weighted by atomic mass is 10.00. The van der Waals surface area contributed by atoms with Crippen LogP contribution in [0, 0.1) is 0 Å². The number of nitrogens with zero attached hydrogens (tertiary/aromatic N) is 1. The number of benzene rings is 1. The predicted octanol–water partition coefficient (Wildman–Crippen LogP) is 4.28. The third-order valence-corrected chi connectivity index (χ3v) is 5.45. The van der Waals surface area contributed by atoms with E-state index < -0.39 is 0 Å². The highest BCUT2D eigenvalue weighted by Gasteiger charge is 2.23. The minimum absolute atomic E-state index is 0.0548. The average molecular weight is 410 g/mol. The average Bonchev–Trinajstić information content (AvgIpc) is 3.23. The van der Waals surface area contributed by atoms with Gasteiger partial charge < -0.3 is 14.8 Å². The van der Waals surface area contributed by atoms with Crippen molar-refractivity contribution in [2.45, 2.75) is 13.3 Å². The number of thioether (sulfide) groups is 1. The molecule has 28 heavy (non-hydrogen) atoms. The van der Waals surface area contributed by atoms with E-state index in [9.17, 15) is 14.7 Å². The third-order valence-electron chi connectivity index (χ3n) is 4.29. The molecule has 6 nitrogen and oxygen atoms in total. The van der Waals surface area contributed by atoms with Crippen molar-refractivity contribution in [1.29, 1.82) is 0 Å². The normalized spacial score (nSPS) is 15.4. The highest BCUT2D eigenvalue weighted by molar-refractivity contribution is 8.26. The number of phenols is 1. The number of nitrogens with one attached hydrogen (secondary N) is 1. The largest absolute Gasteiger partial charge is 0.507 e. The van der Waals surface area contributed by atoms with Crippen LogP contribution < -0.4 is 5.32 Å². The number of ketones is 1. The Labute approximate surface area is 169 Å². The molecular formula is C20H14N2O4S2. The van der Waals surface area contributed by atoms with Crippen molar-refractivity contribution in [2.24, 2.45) is 0 Å². The van der Waals surface area contributed by atoms with Crippen molar-refractivity contribution < 1.29 is 19.1 Å². The number of hydrogen-bond acceptors (Lipinski definition) is 7. The number of aromatic hydroxyl groups is 1. The Morgan fingerprint density at radius 2 is 2.18 bits per heavy atom. The number of hydrogen-bond donors (Lipinski definition) is 2. The molecule has 1 aromatic carbocycles. The first-order valence-electron chi connectivity index (χ1n) is 8.45. The summed E-state index contributed by atoms with van der Waals surface area (Å²) >= 11 is 6.17. The summed E-state index contributed by atoms with van der Waals surface area (Å²) in [5.41, 5.74) is 2.23. The molecule has 1 saturated heterocycles. The first-order valence-corrected chi connectivity index (χ1v) is 9.67. The highest BCUT2D eigenvalue weighted by Crippen LogP contribution is 2.34. The Balaban J connectivity index is 1.80. The first-order chi connectivity index (χ1) is 13.5. The SMILES string of the molecule is CCC(=O)c1cc(-c2cncc3cc(C=C4SC(=S)NC4=O)oc23)ccc1O.